The molecule has 1 heterocycles. The van der Waals surface area contributed by atoms with Crippen LogP contribution in [0.1, 0.15) is 84.3 Å². The van der Waals surface area contributed by atoms with E-state index in [0.29, 0.717) is 36.2 Å². The molecular formula is C28H43N3O2. The first-order chi connectivity index (χ1) is 15.9. The second kappa shape index (κ2) is 9.00. The Hall–Kier alpha value is -1.38. The number of ether oxygens (including phenoxy) is 1. The summed E-state index contributed by atoms with van der Waals surface area (Å²) in [6.45, 7) is 9.09. The zero-order valence-corrected chi connectivity index (χ0v) is 20.9. The van der Waals surface area contributed by atoms with E-state index < -0.39 is 5.60 Å². The Morgan fingerprint density at radius 3 is 2.79 bits per heavy atom. The van der Waals surface area contributed by atoms with Gasteiger partial charge in [-0.15, -0.1) is 0 Å². The molecule has 0 aliphatic heterocycles. The highest BCUT2D eigenvalue weighted by Gasteiger charge is 2.58. The first kappa shape index (κ1) is 23.4. The Balaban J connectivity index is 1.27. The van der Waals surface area contributed by atoms with E-state index >= 15 is 0 Å². The van der Waals surface area contributed by atoms with Crippen molar-refractivity contribution in [2.75, 3.05) is 13.2 Å². The van der Waals surface area contributed by atoms with Crippen LogP contribution in [0.15, 0.2) is 12.3 Å². The lowest BCUT2D eigenvalue weighted by Crippen LogP contribution is -2.52. The van der Waals surface area contributed by atoms with Gasteiger partial charge in [0.25, 0.3) is 0 Å². The lowest BCUT2D eigenvalue weighted by molar-refractivity contribution is -0.129. The predicted octanol–water partition coefficient (Wildman–Crippen LogP) is 5.43. The number of nitriles is 1. The molecule has 0 saturated heterocycles. The van der Waals surface area contributed by atoms with Crippen molar-refractivity contribution in [1.29, 1.82) is 5.26 Å². The van der Waals surface area contributed by atoms with Gasteiger partial charge >= 0.3 is 0 Å². The van der Waals surface area contributed by atoms with Gasteiger partial charge in [0.1, 0.15) is 11.8 Å². The van der Waals surface area contributed by atoms with Crippen molar-refractivity contribution in [3.8, 4) is 6.07 Å². The smallest absolute Gasteiger partial charge is 0.138 e. The molecule has 182 valence electrons. The molecule has 4 aliphatic carbocycles. The summed E-state index contributed by atoms with van der Waals surface area (Å²) in [6, 6.07) is 4.12. The Bertz CT molecular complexity index is 877. The van der Waals surface area contributed by atoms with Crippen molar-refractivity contribution in [3.63, 3.8) is 0 Å². The molecule has 9 atom stereocenters. The molecule has 4 aliphatic rings. The highest BCUT2D eigenvalue weighted by atomic mass is 16.5. The largest absolute Gasteiger partial charge is 0.387 e. The van der Waals surface area contributed by atoms with E-state index in [-0.39, 0.29) is 0 Å². The van der Waals surface area contributed by atoms with E-state index in [2.05, 4.69) is 25.0 Å². The Kier molecular flexibility index (Phi) is 6.38. The van der Waals surface area contributed by atoms with E-state index in [0.717, 1.165) is 49.0 Å². The molecule has 0 radical (unpaired) electrons. The van der Waals surface area contributed by atoms with Gasteiger partial charge in [-0.1, -0.05) is 13.8 Å². The summed E-state index contributed by atoms with van der Waals surface area (Å²) < 4.78 is 7.56. The molecule has 5 nitrogen and oxygen atoms in total. The molecular weight excluding hydrogens is 410 g/mol. The molecule has 4 fully saturated rings. The number of hydrogen-bond acceptors (Lipinski definition) is 4. The van der Waals surface area contributed by atoms with Gasteiger partial charge in [0.2, 0.25) is 0 Å². The maximum absolute atomic E-state index is 11.1. The second-order valence-corrected chi connectivity index (χ2v) is 12.3. The van der Waals surface area contributed by atoms with Crippen LogP contribution in [-0.2, 0) is 11.3 Å². The van der Waals surface area contributed by atoms with Crippen molar-refractivity contribution in [1.82, 2.24) is 9.78 Å². The number of nitrogens with zero attached hydrogens (tertiary/aromatic N) is 3. The van der Waals surface area contributed by atoms with E-state index in [4.69, 9.17) is 4.74 Å². The second-order valence-electron chi connectivity index (χ2n) is 12.3. The quantitative estimate of drug-likeness (QED) is 0.624. The Morgan fingerprint density at radius 2 is 2.00 bits per heavy atom. The van der Waals surface area contributed by atoms with E-state index in [1.165, 1.54) is 44.9 Å². The normalized spacial score (nSPS) is 43.2. The van der Waals surface area contributed by atoms with Crippen LogP contribution in [0.2, 0.25) is 0 Å². The van der Waals surface area contributed by atoms with E-state index in [9.17, 15) is 10.4 Å². The lowest BCUT2D eigenvalue weighted by atomic mass is 9.48. The van der Waals surface area contributed by atoms with Crippen LogP contribution in [-0.4, -0.2) is 33.7 Å². The molecule has 1 unspecified atom stereocenters. The van der Waals surface area contributed by atoms with Gasteiger partial charge in [-0.05, 0) is 118 Å². The summed E-state index contributed by atoms with van der Waals surface area (Å²) in [5.41, 5.74) is 0.526. The average molecular weight is 454 g/mol. The Morgan fingerprint density at radius 1 is 1.18 bits per heavy atom. The highest BCUT2D eigenvalue weighted by Crippen LogP contribution is 2.65. The Labute approximate surface area is 199 Å². The zero-order valence-electron chi connectivity index (χ0n) is 20.9. The van der Waals surface area contributed by atoms with E-state index in [1.807, 2.05) is 17.7 Å². The fourth-order valence-corrected chi connectivity index (χ4v) is 9.33. The summed E-state index contributed by atoms with van der Waals surface area (Å²) in [7, 11) is 0. The molecule has 5 rings (SSSR count). The van der Waals surface area contributed by atoms with Gasteiger partial charge in [-0.3, -0.25) is 4.68 Å². The first-order valence-corrected chi connectivity index (χ1v) is 13.6. The van der Waals surface area contributed by atoms with Gasteiger partial charge in [0.15, 0.2) is 0 Å². The molecule has 0 bridgehead atoms. The van der Waals surface area contributed by atoms with Crippen molar-refractivity contribution in [2.24, 2.45) is 46.8 Å². The maximum atomic E-state index is 11.1. The van der Waals surface area contributed by atoms with Crippen LogP contribution in [0.4, 0.5) is 0 Å². The average Bonchev–Trinajstić information content (AvgIpc) is 3.40. The summed E-state index contributed by atoms with van der Waals surface area (Å²) in [5.74, 6) is 5.36. The number of hydrogen-bond donors (Lipinski definition) is 1. The molecule has 4 saturated carbocycles. The standard InChI is InChI=1S/C28H43N3O2/c1-4-33-18-28(32)13-10-22-20(15-28)5-6-24-23(22)9-12-27(3)25(7-8-26(24)27)19(2)17-31-21(16-29)11-14-30-31/h11,14,19-20,22-26,32H,4-10,12-13,15,17-18H2,1-3H3/t19-,20+,22-,23+,24+,25?,26-,27+,28+/m0/s1. The summed E-state index contributed by atoms with van der Waals surface area (Å²) in [6.07, 6.45) is 12.9. The van der Waals surface area contributed by atoms with Crippen LogP contribution >= 0.6 is 0 Å². The number of rotatable bonds is 6. The molecule has 1 aromatic rings. The fraction of sp³-hybridized carbons (Fsp3) is 0.857. The minimum Gasteiger partial charge on any atom is -0.387 e. The van der Waals surface area contributed by atoms with Gasteiger partial charge in [-0.25, -0.2) is 0 Å². The summed E-state index contributed by atoms with van der Waals surface area (Å²) in [4.78, 5) is 0. The molecule has 0 spiro atoms. The first-order valence-electron chi connectivity index (χ1n) is 13.6. The molecule has 1 aromatic heterocycles. The van der Waals surface area contributed by atoms with Crippen LogP contribution in [0, 0.1) is 58.2 Å². The molecule has 1 N–H and O–H groups in total. The third-order valence-corrected chi connectivity index (χ3v) is 10.7. The van der Waals surface area contributed by atoms with Crippen LogP contribution < -0.4 is 0 Å². The minimum absolute atomic E-state index is 0.428. The SMILES string of the molecule is CCOC[C@@]1(O)CC[C@H]2[C@H](CC[C@@H]3[C@@H]2CC[C@]2(C)C([C@@H](C)Cn4nccc4C#N)CC[C@@H]32)C1. The third kappa shape index (κ3) is 4.06. The van der Waals surface area contributed by atoms with Crippen molar-refractivity contribution >= 4 is 0 Å². The molecule has 33 heavy (non-hydrogen) atoms. The minimum atomic E-state index is -0.587. The van der Waals surface area contributed by atoms with Gasteiger partial charge < -0.3 is 9.84 Å². The molecule has 0 amide bonds. The summed E-state index contributed by atoms with van der Waals surface area (Å²) >= 11 is 0. The number of aromatic nitrogens is 2. The predicted molar refractivity (Wildman–Crippen MR) is 128 cm³/mol. The summed E-state index contributed by atoms with van der Waals surface area (Å²) in [5, 5.41) is 24.9. The fourth-order valence-electron chi connectivity index (χ4n) is 9.33. The van der Waals surface area contributed by atoms with Crippen LogP contribution in [0.3, 0.4) is 0 Å². The van der Waals surface area contributed by atoms with Gasteiger partial charge in [0, 0.05) is 13.2 Å². The van der Waals surface area contributed by atoms with Crippen LogP contribution in [0.25, 0.3) is 0 Å². The zero-order chi connectivity index (χ0) is 23.2. The maximum Gasteiger partial charge on any atom is 0.138 e. The number of aliphatic hydroxyl groups is 1. The molecule has 0 aromatic carbocycles. The van der Waals surface area contributed by atoms with Crippen LogP contribution in [0.5, 0.6) is 0 Å². The number of fused-ring (bicyclic) bond motifs is 5. The van der Waals surface area contributed by atoms with Gasteiger partial charge in [0.05, 0.1) is 18.4 Å². The van der Waals surface area contributed by atoms with Crippen molar-refractivity contribution < 1.29 is 9.84 Å². The van der Waals surface area contributed by atoms with Crippen molar-refractivity contribution in [2.45, 2.75) is 90.7 Å². The third-order valence-electron chi connectivity index (χ3n) is 10.7. The lowest BCUT2D eigenvalue weighted by Gasteiger charge is -2.57. The highest BCUT2D eigenvalue weighted by molar-refractivity contribution is 5.18. The monoisotopic (exact) mass is 453 g/mol. The molecule has 5 heteroatoms. The topological polar surface area (TPSA) is 71.1 Å². The van der Waals surface area contributed by atoms with Gasteiger partial charge in [-0.2, -0.15) is 10.4 Å². The van der Waals surface area contributed by atoms with E-state index in [1.54, 1.807) is 6.20 Å². The van der Waals surface area contributed by atoms with Crippen molar-refractivity contribution in [3.05, 3.63) is 18.0 Å².